The Balaban J connectivity index is 1.75. The van der Waals surface area contributed by atoms with Crippen LogP contribution in [0.4, 0.5) is 0 Å². The number of esters is 1. The molecule has 5 heteroatoms. The number of carbonyl (C=O) groups is 1. The van der Waals surface area contributed by atoms with E-state index in [9.17, 15) is 9.90 Å². The molecule has 5 nitrogen and oxygen atoms in total. The van der Waals surface area contributed by atoms with E-state index < -0.39 is 6.10 Å². The van der Waals surface area contributed by atoms with Gasteiger partial charge in [0.15, 0.2) is 6.29 Å². The minimum atomic E-state index is -0.462. The fraction of sp³-hybridized carbons (Fsp3) is 0.632. The molecular formula is C19H28O5. The molecular weight excluding hydrogens is 308 g/mol. The maximum Gasteiger partial charge on any atom is 0.302 e. The minimum Gasteiger partial charge on any atom is -0.466 e. The zero-order valence-electron chi connectivity index (χ0n) is 14.8. The van der Waals surface area contributed by atoms with Gasteiger partial charge in [0.1, 0.15) is 0 Å². The van der Waals surface area contributed by atoms with Crippen molar-refractivity contribution in [1.82, 2.24) is 0 Å². The van der Waals surface area contributed by atoms with Crippen molar-refractivity contribution in [1.29, 1.82) is 0 Å². The molecule has 0 amide bonds. The topological polar surface area (TPSA) is 65.0 Å². The molecule has 1 aromatic rings. The van der Waals surface area contributed by atoms with Crippen LogP contribution in [0.2, 0.25) is 0 Å². The number of carbonyl (C=O) groups excluding carboxylic acids is 1. The fourth-order valence-electron chi connectivity index (χ4n) is 2.54. The minimum absolute atomic E-state index is 0.0681. The number of rotatable bonds is 7. The molecule has 1 aliphatic rings. The SMILES string of the molecule is CC(=O)OCCC(O)CCc1ccc(C2OCC(C)(C)CO2)cc1. The van der Waals surface area contributed by atoms with E-state index in [-0.39, 0.29) is 24.3 Å². The zero-order chi connectivity index (χ0) is 17.6. The quantitative estimate of drug-likeness (QED) is 0.776. The van der Waals surface area contributed by atoms with E-state index in [0.29, 0.717) is 26.1 Å². The predicted octanol–water partition coefficient (Wildman–Crippen LogP) is 3.00. The molecule has 0 saturated carbocycles. The maximum atomic E-state index is 10.7. The highest BCUT2D eigenvalue weighted by Gasteiger charge is 2.29. The summed E-state index contributed by atoms with van der Waals surface area (Å²) in [7, 11) is 0. The summed E-state index contributed by atoms with van der Waals surface area (Å²) in [6.07, 6.45) is 1.14. The van der Waals surface area contributed by atoms with Crippen molar-refractivity contribution in [2.45, 2.75) is 52.4 Å². The summed E-state index contributed by atoms with van der Waals surface area (Å²) < 4.78 is 16.4. The second-order valence-corrected chi connectivity index (χ2v) is 7.18. The third-order valence-corrected chi connectivity index (χ3v) is 4.03. The Hall–Kier alpha value is -1.43. The first-order valence-corrected chi connectivity index (χ1v) is 8.49. The van der Waals surface area contributed by atoms with Crippen LogP contribution in [0.5, 0.6) is 0 Å². The van der Waals surface area contributed by atoms with Crippen LogP contribution >= 0.6 is 0 Å². The third kappa shape index (κ3) is 6.23. The predicted molar refractivity (Wildman–Crippen MR) is 90.4 cm³/mol. The molecule has 2 rings (SSSR count). The largest absolute Gasteiger partial charge is 0.466 e. The summed E-state index contributed by atoms with van der Waals surface area (Å²) in [5.74, 6) is -0.312. The number of ether oxygens (including phenoxy) is 3. The molecule has 0 radical (unpaired) electrons. The van der Waals surface area contributed by atoms with Crippen molar-refractivity contribution in [3.63, 3.8) is 0 Å². The Kier molecular flexibility index (Phi) is 6.78. The van der Waals surface area contributed by atoms with Crippen LogP contribution in [-0.4, -0.2) is 37.0 Å². The van der Waals surface area contributed by atoms with Crippen molar-refractivity contribution in [3.05, 3.63) is 35.4 Å². The molecule has 1 heterocycles. The van der Waals surface area contributed by atoms with E-state index in [0.717, 1.165) is 17.5 Å². The molecule has 24 heavy (non-hydrogen) atoms. The molecule has 0 spiro atoms. The number of aliphatic hydroxyl groups excluding tert-OH is 1. The van der Waals surface area contributed by atoms with Crippen LogP contribution < -0.4 is 0 Å². The van der Waals surface area contributed by atoms with E-state index in [1.54, 1.807) is 0 Å². The Morgan fingerprint density at radius 1 is 1.25 bits per heavy atom. The molecule has 134 valence electrons. The van der Waals surface area contributed by atoms with Crippen LogP contribution in [0, 0.1) is 5.41 Å². The smallest absolute Gasteiger partial charge is 0.302 e. The summed E-state index contributed by atoms with van der Waals surface area (Å²) in [6, 6.07) is 8.12. The first-order valence-electron chi connectivity index (χ1n) is 8.49. The molecule has 0 aliphatic carbocycles. The first kappa shape index (κ1) is 18.9. The summed E-state index contributed by atoms with van der Waals surface area (Å²) in [4.78, 5) is 10.7. The van der Waals surface area contributed by atoms with Crippen molar-refractivity contribution in [3.8, 4) is 0 Å². The van der Waals surface area contributed by atoms with Crippen LogP contribution in [0.3, 0.4) is 0 Å². The van der Waals surface area contributed by atoms with E-state index >= 15 is 0 Å². The lowest BCUT2D eigenvalue weighted by molar-refractivity contribution is -0.226. The summed E-state index contributed by atoms with van der Waals surface area (Å²) >= 11 is 0. The summed E-state index contributed by atoms with van der Waals surface area (Å²) in [5.41, 5.74) is 2.24. The number of aliphatic hydroxyl groups is 1. The highest BCUT2D eigenvalue weighted by atomic mass is 16.7. The maximum absolute atomic E-state index is 10.7. The molecule has 1 N–H and O–H groups in total. The fourth-order valence-corrected chi connectivity index (χ4v) is 2.54. The average molecular weight is 336 g/mol. The molecule has 1 aromatic carbocycles. The molecule has 1 unspecified atom stereocenters. The van der Waals surface area contributed by atoms with E-state index in [4.69, 9.17) is 14.2 Å². The van der Waals surface area contributed by atoms with Gasteiger partial charge >= 0.3 is 5.97 Å². The van der Waals surface area contributed by atoms with Gasteiger partial charge in [-0.2, -0.15) is 0 Å². The second-order valence-electron chi connectivity index (χ2n) is 7.18. The van der Waals surface area contributed by atoms with Crippen LogP contribution in [0.15, 0.2) is 24.3 Å². The van der Waals surface area contributed by atoms with Gasteiger partial charge in [-0.15, -0.1) is 0 Å². The Bertz CT molecular complexity index is 513. The number of benzene rings is 1. The van der Waals surface area contributed by atoms with Gasteiger partial charge < -0.3 is 19.3 Å². The normalized spacial score (nSPS) is 19.0. The lowest BCUT2D eigenvalue weighted by Crippen LogP contribution is -2.33. The molecule has 0 bridgehead atoms. The van der Waals surface area contributed by atoms with Gasteiger partial charge in [0.05, 0.1) is 25.9 Å². The highest BCUT2D eigenvalue weighted by molar-refractivity contribution is 5.65. The average Bonchev–Trinajstić information content (AvgIpc) is 2.53. The van der Waals surface area contributed by atoms with Gasteiger partial charge in [-0.3, -0.25) is 4.79 Å². The standard InChI is InChI=1S/C19H28O5/c1-14(20)22-11-10-17(21)9-6-15-4-7-16(8-5-15)18-23-12-19(2,3)13-24-18/h4-5,7-8,17-18,21H,6,9-13H2,1-3H3. The lowest BCUT2D eigenvalue weighted by Gasteiger charge is -2.34. The number of hydrogen-bond acceptors (Lipinski definition) is 5. The third-order valence-electron chi connectivity index (χ3n) is 4.03. The first-order chi connectivity index (χ1) is 11.4. The van der Waals surface area contributed by atoms with E-state index in [2.05, 4.69) is 13.8 Å². The van der Waals surface area contributed by atoms with Crippen molar-refractivity contribution in [2.24, 2.45) is 5.41 Å². The van der Waals surface area contributed by atoms with Gasteiger partial charge in [0.2, 0.25) is 0 Å². The van der Waals surface area contributed by atoms with Crippen LogP contribution in [0.25, 0.3) is 0 Å². The number of aryl methyl sites for hydroxylation is 1. The summed E-state index contributed by atoms with van der Waals surface area (Å²) in [6.45, 7) is 7.26. The Morgan fingerprint density at radius 2 is 1.88 bits per heavy atom. The Morgan fingerprint density at radius 3 is 2.46 bits per heavy atom. The molecule has 1 saturated heterocycles. The second kappa shape index (κ2) is 8.60. The summed E-state index contributed by atoms with van der Waals surface area (Å²) in [5, 5.41) is 9.90. The molecule has 1 fully saturated rings. The monoisotopic (exact) mass is 336 g/mol. The van der Waals surface area contributed by atoms with Gasteiger partial charge in [-0.05, 0) is 18.4 Å². The Labute approximate surface area is 143 Å². The number of hydrogen-bond donors (Lipinski definition) is 1. The van der Waals surface area contributed by atoms with E-state index in [1.165, 1.54) is 6.92 Å². The van der Waals surface area contributed by atoms with Crippen molar-refractivity contribution in [2.75, 3.05) is 19.8 Å². The zero-order valence-corrected chi connectivity index (χ0v) is 14.8. The van der Waals surface area contributed by atoms with Crippen LogP contribution in [0.1, 0.15) is 51.0 Å². The lowest BCUT2D eigenvalue weighted by atomic mass is 9.95. The highest BCUT2D eigenvalue weighted by Crippen LogP contribution is 2.31. The molecule has 1 aliphatic heterocycles. The van der Waals surface area contributed by atoms with Crippen molar-refractivity contribution < 1.29 is 24.1 Å². The van der Waals surface area contributed by atoms with Crippen LogP contribution in [-0.2, 0) is 25.4 Å². The van der Waals surface area contributed by atoms with Crippen molar-refractivity contribution >= 4 is 5.97 Å². The van der Waals surface area contributed by atoms with E-state index in [1.807, 2.05) is 24.3 Å². The van der Waals surface area contributed by atoms with Gasteiger partial charge in [0.25, 0.3) is 0 Å². The van der Waals surface area contributed by atoms with Gasteiger partial charge in [0, 0.05) is 24.3 Å². The molecule has 1 atom stereocenters. The van der Waals surface area contributed by atoms with Gasteiger partial charge in [-0.1, -0.05) is 38.1 Å². The van der Waals surface area contributed by atoms with Gasteiger partial charge in [-0.25, -0.2) is 0 Å². The molecule has 0 aromatic heterocycles.